The number of rotatable bonds is 2. The molecule has 1 aliphatic rings. The number of nitrogens with zero attached hydrogens (tertiary/aromatic N) is 3. The van der Waals surface area contributed by atoms with E-state index in [1.165, 1.54) is 10.6 Å². The Kier molecular flexibility index (Phi) is 3.22. The first-order valence-electron chi connectivity index (χ1n) is 6.42. The Balaban J connectivity index is 2.02. The van der Waals surface area contributed by atoms with Gasteiger partial charge in [0.15, 0.2) is 5.69 Å². The number of amides is 1. The van der Waals surface area contributed by atoms with Crippen molar-refractivity contribution < 1.29 is 9.18 Å². The predicted octanol–water partition coefficient (Wildman–Crippen LogP) is 2.92. The zero-order chi connectivity index (χ0) is 14.3. The van der Waals surface area contributed by atoms with Crippen LogP contribution in [0.3, 0.4) is 0 Å². The molecule has 6 heteroatoms. The highest BCUT2D eigenvalue weighted by Crippen LogP contribution is 2.20. The SMILES string of the molecule is CC[C@H]1C=CCN1C(=O)c1nc2ccc(Cl)cn2c1F. The summed E-state index contributed by atoms with van der Waals surface area (Å²) >= 11 is 5.83. The molecule has 20 heavy (non-hydrogen) atoms. The molecule has 0 spiro atoms. The summed E-state index contributed by atoms with van der Waals surface area (Å²) in [7, 11) is 0. The molecule has 0 unspecified atom stereocenters. The van der Waals surface area contributed by atoms with Gasteiger partial charge in [-0.05, 0) is 18.6 Å². The molecular weight excluding hydrogens is 281 g/mol. The minimum Gasteiger partial charge on any atom is -0.327 e. The summed E-state index contributed by atoms with van der Waals surface area (Å²) in [6.07, 6.45) is 6.08. The normalized spacial score (nSPS) is 18.1. The summed E-state index contributed by atoms with van der Waals surface area (Å²) < 4.78 is 15.5. The molecule has 1 atom stereocenters. The quantitative estimate of drug-likeness (QED) is 0.799. The van der Waals surface area contributed by atoms with Crippen molar-refractivity contribution in [3.63, 3.8) is 0 Å². The maximum absolute atomic E-state index is 14.3. The van der Waals surface area contributed by atoms with Crippen molar-refractivity contribution in [3.8, 4) is 0 Å². The Morgan fingerprint density at radius 2 is 2.35 bits per heavy atom. The number of pyridine rings is 1. The van der Waals surface area contributed by atoms with Crippen molar-refractivity contribution in [2.45, 2.75) is 19.4 Å². The van der Waals surface area contributed by atoms with Gasteiger partial charge in [-0.25, -0.2) is 4.98 Å². The van der Waals surface area contributed by atoms with Gasteiger partial charge in [-0.15, -0.1) is 0 Å². The summed E-state index contributed by atoms with van der Waals surface area (Å²) in [6.45, 7) is 2.48. The minimum atomic E-state index is -0.672. The second-order valence-corrected chi connectivity index (χ2v) is 5.12. The van der Waals surface area contributed by atoms with Crippen LogP contribution in [0.5, 0.6) is 0 Å². The number of fused-ring (bicyclic) bond motifs is 1. The van der Waals surface area contributed by atoms with Crippen molar-refractivity contribution >= 4 is 23.2 Å². The van der Waals surface area contributed by atoms with E-state index in [0.717, 1.165) is 6.42 Å². The third-order valence-electron chi connectivity index (χ3n) is 3.47. The molecule has 0 radical (unpaired) electrons. The third kappa shape index (κ3) is 1.98. The second kappa shape index (κ2) is 4.90. The average Bonchev–Trinajstić information content (AvgIpc) is 3.03. The number of hydrogen-bond donors (Lipinski definition) is 0. The number of carbonyl (C=O) groups is 1. The minimum absolute atomic E-state index is 0.00954. The van der Waals surface area contributed by atoms with E-state index in [1.807, 2.05) is 19.1 Å². The van der Waals surface area contributed by atoms with Crippen LogP contribution >= 0.6 is 11.6 Å². The van der Waals surface area contributed by atoms with E-state index < -0.39 is 5.95 Å². The van der Waals surface area contributed by atoms with Crippen LogP contribution in [0, 0.1) is 5.95 Å². The van der Waals surface area contributed by atoms with Gasteiger partial charge in [-0.2, -0.15) is 4.39 Å². The number of aromatic nitrogens is 2. The summed E-state index contributed by atoms with van der Waals surface area (Å²) in [4.78, 5) is 18.1. The van der Waals surface area contributed by atoms with Crippen LogP contribution in [0.1, 0.15) is 23.8 Å². The van der Waals surface area contributed by atoms with Crippen LogP contribution in [0.25, 0.3) is 5.65 Å². The molecule has 3 heterocycles. The van der Waals surface area contributed by atoms with Gasteiger partial charge < -0.3 is 4.90 Å². The molecule has 3 rings (SSSR count). The van der Waals surface area contributed by atoms with E-state index >= 15 is 0 Å². The van der Waals surface area contributed by atoms with Crippen LogP contribution in [0.2, 0.25) is 5.02 Å². The van der Waals surface area contributed by atoms with Gasteiger partial charge >= 0.3 is 0 Å². The monoisotopic (exact) mass is 293 g/mol. The van der Waals surface area contributed by atoms with E-state index in [4.69, 9.17) is 11.6 Å². The Hall–Kier alpha value is -1.88. The first kappa shape index (κ1) is 13.1. The zero-order valence-corrected chi connectivity index (χ0v) is 11.6. The molecule has 2 aromatic rings. The van der Waals surface area contributed by atoms with Crippen molar-refractivity contribution in [3.05, 3.63) is 47.1 Å². The lowest BCUT2D eigenvalue weighted by Crippen LogP contribution is -2.36. The van der Waals surface area contributed by atoms with Crippen LogP contribution in [-0.4, -0.2) is 32.8 Å². The summed E-state index contributed by atoms with van der Waals surface area (Å²) in [5.74, 6) is -1.06. The molecule has 0 saturated carbocycles. The molecule has 104 valence electrons. The van der Waals surface area contributed by atoms with Crippen LogP contribution in [0.4, 0.5) is 4.39 Å². The van der Waals surface area contributed by atoms with Crippen molar-refractivity contribution in [1.82, 2.24) is 14.3 Å². The molecule has 0 N–H and O–H groups in total. The molecule has 2 aromatic heterocycles. The van der Waals surface area contributed by atoms with Crippen LogP contribution in [0.15, 0.2) is 30.5 Å². The van der Waals surface area contributed by atoms with Crippen LogP contribution < -0.4 is 0 Å². The number of hydrogen-bond acceptors (Lipinski definition) is 2. The standard InChI is InChI=1S/C14H13ClFN3O/c1-2-10-4-3-7-18(10)14(20)12-13(16)19-8-9(15)5-6-11(19)17-12/h3-6,8,10H,2,7H2,1H3/t10-/m0/s1. The first-order valence-corrected chi connectivity index (χ1v) is 6.80. The predicted molar refractivity (Wildman–Crippen MR) is 74.4 cm³/mol. The molecule has 0 bridgehead atoms. The summed E-state index contributed by atoms with van der Waals surface area (Å²) in [5, 5.41) is 0.391. The fraction of sp³-hybridized carbons (Fsp3) is 0.286. The second-order valence-electron chi connectivity index (χ2n) is 4.69. The van der Waals surface area contributed by atoms with Gasteiger partial charge in [0.2, 0.25) is 5.95 Å². The Morgan fingerprint density at radius 3 is 3.10 bits per heavy atom. The number of imidazole rings is 1. The molecule has 1 amide bonds. The fourth-order valence-electron chi connectivity index (χ4n) is 2.42. The Labute approximate surface area is 120 Å². The van der Waals surface area contributed by atoms with E-state index in [1.54, 1.807) is 17.0 Å². The molecule has 0 aromatic carbocycles. The molecule has 4 nitrogen and oxygen atoms in total. The van der Waals surface area contributed by atoms with Gasteiger partial charge in [0, 0.05) is 12.7 Å². The molecule has 1 aliphatic heterocycles. The highest BCUT2D eigenvalue weighted by atomic mass is 35.5. The third-order valence-corrected chi connectivity index (χ3v) is 3.69. The number of carbonyl (C=O) groups excluding carboxylic acids is 1. The first-order chi connectivity index (χ1) is 9.61. The van der Waals surface area contributed by atoms with Gasteiger partial charge in [0.1, 0.15) is 5.65 Å². The Bertz CT molecular complexity index is 710. The van der Waals surface area contributed by atoms with Crippen molar-refractivity contribution in [2.24, 2.45) is 0 Å². The highest BCUT2D eigenvalue weighted by molar-refractivity contribution is 6.30. The zero-order valence-electron chi connectivity index (χ0n) is 10.9. The van der Waals surface area contributed by atoms with E-state index in [0.29, 0.717) is 17.2 Å². The molecule has 0 fully saturated rings. The van der Waals surface area contributed by atoms with Crippen molar-refractivity contribution in [2.75, 3.05) is 6.54 Å². The molecular formula is C14H13ClFN3O. The van der Waals surface area contributed by atoms with Crippen LogP contribution in [-0.2, 0) is 0 Å². The average molecular weight is 294 g/mol. The van der Waals surface area contributed by atoms with Gasteiger partial charge in [0.25, 0.3) is 5.91 Å². The maximum atomic E-state index is 14.3. The lowest BCUT2D eigenvalue weighted by Gasteiger charge is -2.22. The molecule has 0 saturated heterocycles. The molecule has 0 aliphatic carbocycles. The fourth-order valence-corrected chi connectivity index (χ4v) is 2.58. The van der Waals surface area contributed by atoms with E-state index in [-0.39, 0.29) is 17.6 Å². The van der Waals surface area contributed by atoms with Gasteiger partial charge in [0.05, 0.1) is 11.1 Å². The maximum Gasteiger partial charge on any atom is 0.278 e. The van der Waals surface area contributed by atoms with E-state index in [2.05, 4.69) is 4.98 Å². The smallest absolute Gasteiger partial charge is 0.278 e. The highest BCUT2D eigenvalue weighted by Gasteiger charge is 2.29. The Morgan fingerprint density at radius 1 is 1.55 bits per heavy atom. The summed E-state index contributed by atoms with van der Waals surface area (Å²) in [5.41, 5.74) is 0.213. The van der Waals surface area contributed by atoms with Gasteiger partial charge in [-0.1, -0.05) is 30.7 Å². The largest absolute Gasteiger partial charge is 0.327 e. The van der Waals surface area contributed by atoms with E-state index in [9.17, 15) is 9.18 Å². The topological polar surface area (TPSA) is 37.6 Å². The lowest BCUT2D eigenvalue weighted by molar-refractivity contribution is 0.0737. The van der Waals surface area contributed by atoms with Crippen molar-refractivity contribution in [1.29, 1.82) is 0 Å². The summed E-state index contributed by atoms with van der Waals surface area (Å²) in [6, 6.07) is 3.21. The lowest BCUT2D eigenvalue weighted by atomic mass is 10.2. The van der Waals surface area contributed by atoms with Gasteiger partial charge in [-0.3, -0.25) is 9.20 Å². The number of halogens is 2.